The maximum atomic E-state index is 11.1. The van der Waals surface area contributed by atoms with Crippen LogP contribution < -0.4 is 0 Å². The van der Waals surface area contributed by atoms with E-state index in [4.69, 9.17) is 5.26 Å². The summed E-state index contributed by atoms with van der Waals surface area (Å²) in [6.07, 6.45) is 0. The molecule has 0 saturated heterocycles. The summed E-state index contributed by atoms with van der Waals surface area (Å²) < 4.78 is 1.64. The second kappa shape index (κ2) is 4.20. The maximum Gasteiger partial charge on any atom is 0.161 e. The molecule has 0 aromatic heterocycles. The number of benzene rings is 1. The molecule has 2 nitrogen and oxygen atoms in total. The first kappa shape index (κ1) is 10.7. The van der Waals surface area contributed by atoms with E-state index >= 15 is 0 Å². The van der Waals surface area contributed by atoms with Gasteiger partial charge in [-0.05, 0) is 57.6 Å². The average Bonchev–Trinajstić information content (AvgIpc) is 2.09. The van der Waals surface area contributed by atoms with Crippen molar-refractivity contribution < 1.29 is 4.79 Å². The van der Waals surface area contributed by atoms with Crippen molar-refractivity contribution in [2.45, 2.75) is 6.92 Å². The molecular weight excluding hydrogens is 345 g/mol. The van der Waals surface area contributed by atoms with Crippen molar-refractivity contribution in [3.63, 3.8) is 0 Å². The smallest absolute Gasteiger partial charge is 0.161 e. The zero-order chi connectivity index (χ0) is 10.0. The van der Waals surface area contributed by atoms with Crippen LogP contribution in [0.4, 0.5) is 0 Å². The third-order valence-corrected chi connectivity index (χ3v) is 3.98. The molecule has 1 aromatic carbocycles. The van der Waals surface area contributed by atoms with E-state index in [0.717, 1.165) is 8.04 Å². The van der Waals surface area contributed by atoms with Crippen LogP contribution in [0.2, 0.25) is 0 Å². The molecular formula is C9H5BrINO. The lowest BCUT2D eigenvalue weighted by Crippen LogP contribution is -1.96. The third-order valence-electron chi connectivity index (χ3n) is 1.54. The predicted molar refractivity (Wildman–Crippen MR) is 61.6 cm³/mol. The number of carbonyl (C=O) groups is 1. The number of nitrogens with zero attached hydrogens (tertiary/aromatic N) is 1. The molecule has 13 heavy (non-hydrogen) atoms. The van der Waals surface area contributed by atoms with Crippen molar-refractivity contribution in [3.8, 4) is 6.07 Å². The third kappa shape index (κ3) is 2.29. The van der Waals surface area contributed by atoms with Gasteiger partial charge in [-0.15, -0.1) is 0 Å². The van der Waals surface area contributed by atoms with Gasteiger partial charge in [0.15, 0.2) is 5.78 Å². The van der Waals surface area contributed by atoms with Crippen LogP contribution in [0.5, 0.6) is 0 Å². The lowest BCUT2D eigenvalue weighted by molar-refractivity contribution is 0.101. The van der Waals surface area contributed by atoms with Gasteiger partial charge in [0, 0.05) is 13.6 Å². The molecule has 66 valence electrons. The Morgan fingerprint density at radius 2 is 2.23 bits per heavy atom. The Bertz CT molecular complexity index is 409. The number of Topliss-reactive ketones (excluding diaryl/α,β-unsaturated/α-hetero) is 1. The molecule has 0 spiro atoms. The van der Waals surface area contributed by atoms with Crippen molar-refractivity contribution in [2.24, 2.45) is 0 Å². The first-order chi connectivity index (χ1) is 6.06. The standard InChI is InChI=1S/C9H5BrINO/c1-5(13)7-2-6(4-12)3-8(11)9(7)10/h2-3H,1H3. The molecule has 0 heterocycles. The van der Waals surface area contributed by atoms with Gasteiger partial charge < -0.3 is 0 Å². The Kier molecular flexibility index (Phi) is 3.45. The largest absolute Gasteiger partial charge is 0.294 e. The summed E-state index contributed by atoms with van der Waals surface area (Å²) in [6.45, 7) is 1.48. The number of nitriles is 1. The summed E-state index contributed by atoms with van der Waals surface area (Å²) in [5, 5.41) is 8.68. The Morgan fingerprint density at radius 1 is 1.62 bits per heavy atom. The molecule has 0 aliphatic rings. The van der Waals surface area contributed by atoms with Gasteiger partial charge in [0.1, 0.15) is 0 Å². The van der Waals surface area contributed by atoms with Crippen LogP contribution in [-0.2, 0) is 0 Å². The van der Waals surface area contributed by atoms with Gasteiger partial charge in [-0.1, -0.05) is 0 Å². The van der Waals surface area contributed by atoms with E-state index in [-0.39, 0.29) is 5.78 Å². The highest BCUT2D eigenvalue weighted by Gasteiger charge is 2.09. The van der Waals surface area contributed by atoms with E-state index in [9.17, 15) is 4.79 Å². The topological polar surface area (TPSA) is 40.9 Å². The molecule has 0 fully saturated rings. The molecule has 0 saturated carbocycles. The lowest BCUT2D eigenvalue weighted by atomic mass is 10.1. The van der Waals surface area contributed by atoms with Crippen LogP contribution in [0, 0.1) is 14.9 Å². The Balaban J connectivity index is 3.44. The van der Waals surface area contributed by atoms with Crippen LogP contribution >= 0.6 is 38.5 Å². The van der Waals surface area contributed by atoms with Gasteiger partial charge in [-0.2, -0.15) is 5.26 Å². The summed E-state index contributed by atoms with van der Waals surface area (Å²) >= 11 is 5.39. The van der Waals surface area contributed by atoms with E-state index in [0.29, 0.717) is 11.1 Å². The van der Waals surface area contributed by atoms with Crippen LogP contribution in [-0.4, -0.2) is 5.78 Å². The number of halogens is 2. The van der Waals surface area contributed by atoms with Gasteiger partial charge in [-0.3, -0.25) is 4.79 Å². The Labute approximate surface area is 98.2 Å². The van der Waals surface area contributed by atoms with Crippen molar-refractivity contribution in [1.29, 1.82) is 5.26 Å². The van der Waals surface area contributed by atoms with Crippen LogP contribution in [0.3, 0.4) is 0 Å². The van der Waals surface area contributed by atoms with Gasteiger partial charge >= 0.3 is 0 Å². The van der Waals surface area contributed by atoms with E-state index in [1.165, 1.54) is 6.92 Å². The van der Waals surface area contributed by atoms with Crippen LogP contribution in [0.15, 0.2) is 16.6 Å². The maximum absolute atomic E-state index is 11.1. The second-order valence-corrected chi connectivity index (χ2v) is 4.44. The van der Waals surface area contributed by atoms with Gasteiger partial charge in [-0.25, -0.2) is 0 Å². The number of carbonyl (C=O) groups excluding carboxylic acids is 1. The molecule has 0 aliphatic carbocycles. The number of ketones is 1. The molecule has 0 unspecified atom stereocenters. The molecule has 0 atom stereocenters. The normalized spacial score (nSPS) is 9.38. The first-order valence-corrected chi connectivity index (χ1v) is 5.33. The van der Waals surface area contributed by atoms with E-state index in [1.54, 1.807) is 12.1 Å². The highest BCUT2D eigenvalue weighted by Crippen LogP contribution is 2.25. The number of rotatable bonds is 1. The molecule has 0 amide bonds. The zero-order valence-electron chi connectivity index (χ0n) is 6.77. The fourth-order valence-corrected chi connectivity index (χ4v) is 2.04. The molecule has 1 aromatic rings. The van der Waals surface area contributed by atoms with E-state index in [1.807, 2.05) is 6.07 Å². The quantitative estimate of drug-likeness (QED) is 0.577. The lowest BCUT2D eigenvalue weighted by Gasteiger charge is -2.02. The fraction of sp³-hybridized carbons (Fsp3) is 0.111. The minimum Gasteiger partial charge on any atom is -0.294 e. The van der Waals surface area contributed by atoms with Gasteiger partial charge in [0.25, 0.3) is 0 Å². The van der Waals surface area contributed by atoms with Crippen molar-refractivity contribution in [1.82, 2.24) is 0 Å². The molecule has 4 heteroatoms. The minimum atomic E-state index is -0.0399. The fourth-order valence-electron chi connectivity index (χ4n) is 0.910. The predicted octanol–water partition coefficient (Wildman–Crippen LogP) is 3.13. The molecule has 1 rings (SSSR count). The first-order valence-electron chi connectivity index (χ1n) is 3.46. The summed E-state index contributed by atoms with van der Waals surface area (Å²) in [7, 11) is 0. The Morgan fingerprint density at radius 3 is 2.69 bits per heavy atom. The van der Waals surface area contributed by atoms with Crippen molar-refractivity contribution in [2.75, 3.05) is 0 Å². The SMILES string of the molecule is CC(=O)c1cc(C#N)cc(I)c1Br. The second-order valence-electron chi connectivity index (χ2n) is 2.49. The summed E-state index contributed by atoms with van der Waals surface area (Å²) in [5.74, 6) is -0.0399. The highest BCUT2D eigenvalue weighted by molar-refractivity contribution is 14.1. The van der Waals surface area contributed by atoms with Gasteiger partial charge in [0.2, 0.25) is 0 Å². The zero-order valence-corrected chi connectivity index (χ0v) is 10.5. The summed E-state index contributed by atoms with van der Waals surface area (Å²) in [6, 6.07) is 5.34. The van der Waals surface area contributed by atoms with Gasteiger partial charge in [0.05, 0.1) is 11.6 Å². The monoisotopic (exact) mass is 349 g/mol. The van der Waals surface area contributed by atoms with Crippen molar-refractivity contribution >= 4 is 44.3 Å². The summed E-state index contributed by atoms with van der Waals surface area (Å²) in [4.78, 5) is 11.1. The van der Waals surface area contributed by atoms with E-state index in [2.05, 4.69) is 38.5 Å². The average molecular weight is 350 g/mol. The minimum absolute atomic E-state index is 0.0399. The summed E-state index contributed by atoms with van der Waals surface area (Å²) in [5.41, 5.74) is 1.07. The van der Waals surface area contributed by atoms with E-state index < -0.39 is 0 Å². The molecule has 0 radical (unpaired) electrons. The number of hydrogen-bond donors (Lipinski definition) is 0. The highest BCUT2D eigenvalue weighted by atomic mass is 127. The van der Waals surface area contributed by atoms with Crippen LogP contribution in [0.1, 0.15) is 22.8 Å². The van der Waals surface area contributed by atoms with Crippen molar-refractivity contribution in [3.05, 3.63) is 31.3 Å². The molecule has 0 aliphatic heterocycles. The molecule has 0 N–H and O–H groups in total. The molecule has 0 bridgehead atoms. The number of hydrogen-bond acceptors (Lipinski definition) is 2. The van der Waals surface area contributed by atoms with Crippen LogP contribution in [0.25, 0.3) is 0 Å². The Hall–Kier alpha value is -0.410.